The number of piperazine rings is 1. The van der Waals surface area contributed by atoms with Gasteiger partial charge in [-0.25, -0.2) is 4.79 Å². The highest BCUT2D eigenvalue weighted by Crippen LogP contribution is 2.23. The molecule has 1 aliphatic heterocycles. The third-order valence-corrected chi connectivity index (χ3v) is 3.69. The van der Waals surface area contributed by atoms with Gasteiger partial charge in [0.1, 0.15) is 5.60 Å². The summed E-state index contributed by atoms with van der Waals surface area (Å²) >= 11 is 0. The number of carbonyl (C=O) groups excluding carboxylic acids is 1. The van der Waals surface area contributed by atoms with Crippen molar-refractivity contribution in [3.05, 3.63) is 23.8 Å². The summed E-state index contributed by atoms with van der Waals surface area (Å²) in [4.78, 5) is 16.0. The van der Waals surface area contributed by atoms with Crippen molar-refractivity contribution in [3.63, 3.8) is 0 Å². The molecule has 0 aromatic heterocycles. The summed E-state index contributed by atoms with van der Waals surface area (Å²) in [6, 6.07) is 7.88. The molecule has 1 aliphatic rings. The van der Waals surface area contributed by atoms with Gasteiger partial charge >= 0.3 is 6.09 Å². The number of ether oxygens (including phenoxy) is 1. The van der Waals surface area contributed by atoms with E-state index in [1.54, 1.807) is 4.90 Å². The molecule has 6 heteroatoms. The quantitative estimate of drug-likeness (QED) is 0.847. The molecule has 0 spiro atoms. The highest BCUT2D eigenvalue weighted by atomic mass is 16.6. The van der Waals surface area contributed by atoms with Gasteiger partial charge in [-0.05, 0) is 44.5 Å². The number of benzene rings is 1. The summed E-state index contributed by atoms with van der Waals surface area (Å²) in [5.74, 6) is 0. The van der Waals surface area contributed by atoms with Gasteiger partial charge in [0.25, 0.3) is 0 Å². The van der Waals surface area contributed by atoms with E-state index in [1.807, 2.05) is 39.0 Å². The Hall–Kier alpha value is -2.42. The van der Waals surface area contributed by atoms with Gasteiger partial charge in [0, 0.05) is 37.6 Å². The predicted octanol–water partition coefficient (Wildman–Crippen LogP) is 2.39. The Balaban J connectivity index is 1.98. The summed E-state index contributed by atoms with van der Waals surface area (Å²) in [5, 5.41) is 8.86. The second kappa shape index (κ2) is 6.78. The van der Waals surface area contributed by atoms with E-state index >= 15 is 0 Å². The highest BCUT2D eigenvalue weighted by Gasteiger charge is 2.26. The minimum atomic E-state index is -0.475. The Morgan fingerprint density at radius 2 is 1.96 bits per heavy atom. The summed E-state index contributed by atoms with van der Waals surface area (Å²) in [6.07, 6.45) is 0.0389. The molecule has 0 bridgehead atoms. The van der Waals surface area contributed by atoms with E-state index in [4.69, 9.17) is 15.7 Å². The third kappa shape index (κ3) is 4.52. The fraction of sp³-hybridized carbons (Fsp3) is 0.529. The van der Waals surface area contributed by atoms with Crippen molar-refractivity contribution in [3.8, 4) is 6.07 Å². The number of nitriles is 1. The van der Waals surface area contributed by atoms with Crippen LogP contribution in [0, 0.1) is 11.3 Å². The molecule has 1 heterocycles. The van der Waals surface area contributed by atoms with Crippen LogP contribution >= 0.6 is 0 Å². The van der Waals surface area contributed by atoms with Gasteiger partial charge in [0.15, 0.2) is 0 Å². The van der Waals surface area contributed by atoms with Crippen molar-refractivity contribution in [2.24, 2.45) is 0 Å². The first-order valence-corrected chi connectivity index (χ1v) is 7.78. The number of amides is 1. The molecular weight excluding hydrogens is 292 g/mol. The van der Waals surface area contributed by atoms with Crippen molar-refractivity contribution in [1.29, 1.82) is 5.26 Å². The van der Waals surface area contributed by atoms with E-state index in [0.717, 1.165) is 24.3 Å². The van der Waals surface area contributed by atoms with Gasteiger partial charge in [-0.1, -0.05) is 0 Å². The Morgan fingerprint density at radius 3 is 2.52 bits per heavy atom. The first-order chi connectivity index (χ1) is 10.8. The lowest BCUT2D eigenvalue weighted by atomic mass is 10.1. The lowest BCUT2D eigenvalue weighted by Gasteiger charge is -2.37. The molecule has 0 radical (unpaired) electrons. The smallest absolute Gasteiger partial charge is 0.410 e. The molecule has 2 N–H and O–H groups in total. The average Bonchev–Trinajstić information content (AvgIpc) is 2.48. The van der Waals surface area contributed by atoms with Crippen molar-refractivity contribution in [1.82, 2.24) is 4.90 Å². The van der Waals surface area contributed by atoms with Crippen LogP contribution in [0.15, 0.2) is 18.2 Å². The van der Waals surface area contributed by atoms with Crippen LogP contribution < -0.4 is 10.6 Å². The first kappa shape index (κ1) is 16.9. The molecular formula is C17H24N4O2. The van der Waals surface area contributed by atoms with Crippen LogP contribution in [-0.2, 0) is 11.2 Å². The number of nitrogens with zero attached hydrogens (tertiary/aromatic N) is 3. The first-order valence-electron chi connectivity index (χ1n) is 7.78. The number of hydrogen-bond donors (Lipinski definition) is 1. The largest absolute Gasteiger partial charge is 0.444 e. The van der Waals surface area contributed by atoms with Crippen molar-refractivity contribution in [2.75, 3.05) is 36.8 Å². The lowest BCUT2D eigenvalue weighted by molar-refractivity contribution is 0.0240. The number of anilines is 2. The van der Waals surface area contributed by atoms with E-state index < -0.39 is 5.60 Å². The molecule has 124 valence electrons. The molecule has 1 amide bonds. The van der Waals surface area contributed by atoms with Gasteiger partial charge in [0.2, 0.25) is 0 Å². The fourth-order valence-corrected chi connectivity index (χ4v) is 2.50. The maximum Gasteiger partial charge on any atom is 0.410 e. The SMILES string of the molecule is CC(C)(C)OC(=O)N1CCN(c2ccc(N)c(CC#N)c2)CC1. The zero-order valence-electron chi connectivity index (χ0n) is 14.0. The Kier molecular flexibility index (Phi) is 4.99. The normalized spacial score (nSPS) is 15.2. The average molecular weight is 316 g/mol. The minimum absolute atomic E-state index is 0.264. The van der Waals surface area contributed by atoms with Crippen LogP contribution in [0.4, 0.5) is 16.2 Å². The minimum Gasteiger partial charge on any atom is -0.444 e. The maximum atomic E-state index is 12.1. The third-order valence-electron chi connectivity index (χ3n) is 3.69. The van der Waals surface area contributed by atoms with Crippen LogP contribution in [-0.4, -0.2) is 42.8 Å². The van der Waals surface area contributed by atoms with E-state index in [1.165, 1.54) is 0 Å². The van der Waals surface area contributed by atoms with Crippen LogP contribution in [0.25, 0.3) is 0 Å². The van der Waals surface area contributed by atoms with Crippen LogP contribution in [0.2, 0.25) is 0 Å². The topological polar surface area (TPSA) is 82.6 Å². The van der Waals surface area contributed by atoms with E-state index in [2.05, 4.69) is 11.0 Å². The highest BCUT2D eigenvalue weighted by molar-refractivity contribution is 5.69. The monoisotopic (exact) mass is 316 g/mol. The van der Waals surface area contributed by atoms with E-state index in [0.29, 0.717) is 25.2 Å². The molecule has 0 atom stereocenters. The molecule has 0 aliphatic carbocycles. The number of nitrogens with two attached hydrogens (primary N) is 1. The Labute approximate surface area is 137 Å². The number of nitrogen functional groups attached to an aromatic ring is 1. The van der Waals surface area contributed by atoms with E-state index in [-0.39, 0.29) is 6.09 Å². The van der Waals surface area contributed by atoms with Crippen molar-refractivity contribution in [2.45, 2.75) is 32.8 Å². The van der Waals surface area contributed by atoms with E-state index in [9.17, 15) is 4.79 Å². The lowest BCUT2D eigenvalue weighted by Crippen LogP contribution is -2.50. The van der Waals surface area contributed by atoms with Crippen LogP contribution in [0.3, 0.4) is 0 Å². The van der Waals surface area contributed by atoms with Crippen LogP contribution in [0.5, 0.6) is 0 Å². The second-order valence-electron chi connectivity index (χ2n) is 6.67. The fourth-order valence-electron chi connectivity index (χ4n) is 2.50. The zero-order valence-corrected chi connectivity index (χ0v) is 14.0. The molecule has 1 fully saturated rings. The Morgan fingerprint density at radius 1 is 1.30 bits per heavy atom. The second-order valence-corrected chi connectivity index (χ2v) is 6.67. The predicted molar refractivity (Wildman–Crippen MR) is 90.2 cm³/mol. The summed E-state index contributed by atoms with van der Waals surface area (Å²) < 4.78 is 5.40. The maximum absolute atomic E-state index is 12.1. The molecule has 0 saturated carbocycles. The summed E-state index contributed by atoms with van der Waals surface area (Å²) in [5.41, 5.74) is 7.94. The molecule has 0 unspecified atom stereocenters. The molecule has 2 rings (SSSR count). The van der Waals surface area contributed by atoms with Gasteiger partial charge < -0.3 is 20.3 Å². The summed E-state index contributed by atoms with van der Waals surface area (Å²) in [6.45, 7) is 8.30. The number of carbonyl (C=O) groups is 1. The van der Waals surface area contributed by atoms with Gasteiger partial charge in [0.05, 0.1) is 12.5 Å². The van der Waals surface area contributed by atoms with Crippen LogP contribution in [0.1, 0.15) is 26.3 Å². The van der Waals surface area contributed by atoms with Crippen molar-refractivity contribution >= 4 is 17.5 Å². The van der Waals surface area contributed by atoms with Crippen molar-refractivity contribution < 1.29 is 9.53 Å². The zero-order chi connectivity index (χ0) is 17.0. The standard InChI is InChI=1S/C17H24N4O2/c1-17(2,3)23-16(22)21-10-8-20(9-11-21)14-4-5-15(19)13(12-14)6-7-18/h4-5,12H,6,8-11,19H2,1-3H3. The molecule has 1 aromatic carbocycles. The molecule has 1 saturated heterocycles. The van der Waals surface area contributed by atoms with Gasteiger partial charge in [-0.15, -0.1) is 0 Å². The number of rotatable bonds is 2. The Bertz CT molecular complexity index is 608. The van der Waals surface area contributed by atoms with Gasteiger partial charge in [-0.3, -0.25) is 0 Å². The van der Waals surface area contributed by atoms with Gasteiger partial charge in [-0.2, -0.15) is 5.26 Å². The summed E-state index contributed by atoms with van der Waals surface area (Å²) in [7, 11) is 0. The number of hydrogen-bond acceptors (Lipinski definition) is 5. The molecule has 1 aromatic rings. The molecule has 23 heavy (non-hydrogen) atoms. The molecule has 6 nitrogen and oxygen atoms in total.